The van der Waals surface area contributed by atoms with E-state index < -0.39 is 17.6 Å². The SMILES string of the molecule is Cc1ccc(C)c(Nc2ncc(C(=O)Nc3cccc(C(F)(F)F)c3)cn2)c1. The number of halogens is 3. The molecule has 28 heavy (non-hydrogen) atoms. The summed E-state index contributed by atoms with van der Waals surface area (Å²) in [6.45, 7) is 3.91. The Balaban J connectivity index is 1.71. The van der Waals surface area contributed by atoms with Crippen LogP contribution < -0.4 is 10.6 Å². The second kappa shape index (κ2) is 7.67. The summed E-state index contributed by atoms with van der Waals surface area (Å²) < 4.78 is 38.3. The lowest BCUT2D eigenvalue weighted by atomic mass is 10.1. The van der Waals surface area contributed by atoms with Crippen molar-refractivity contribution in [2.24, 2.45) is 0 Å². The van der Waals surface area contributed by atoms with Crippen LogP contribution >= 0.6 is 0 Å². The van der Waals surface area contributed by atoms with Gasteiger partial charge in [-0.15, -0.1) is 0 Å². The zero-order valence-corrected chi connectivity index (χ0v) is 15.1. The van der Waals surface area contributed by atoms with E-state index in [9.17, 15) is 18.0 Å². The Bertz CT molecular complexity index is 1000. The zero-order valence-electron chi connectivity index (χ0n) is 15.1. The predicted octanol–water partition coefficient (Wildman–Crippen LogP) is 5.11. The number of hydrogen-bond acceptors (Lipinski definition) is 4. The number of nitrogens with zero attached hydrogens (tertiary/aromatic N) is 2. The minimum absolute atomic E-state index is 0.0393. The Morgan fingerprint density at radius 3 is 2.39 bits per heavy atom. The molecule has 0 atom stereocenters. The monoisotopic (exact) mass is 386 g/mol. The number of hydrogen-bond donors (Lipinski definition) is 2. The van der Waals surface area contributed by atoms with Crippen molar-refractivity contribution in [1.29, 1.82) is 0 Å². The van der Waals surface area contributed by atoms with Gasteiger partial charge in [0.15, 0.2) is 0 Å². The highest BCUT2D eigenvalue weighted by Gasteiger charge is 2.30. The maximum Gasteiger partial charge on any atom is 0.416 e. The number of carbonyl (C=O) groups excluding carboxylic acids is 1. The number of aryl methyl sites for hydroxylation is 2. The second-order valence-corrected chi connectivity index (χ2v) is 6.27. The van der Waals surface area contributed by atoms with E-state index in [1.165, 1.54) is 24.5 Å². The van der Waals surface area contributed by atoms with Gasteiger partial charge in [0.1, 0.15) is 0 Å². The lowest BCUT2D eigenvalue weighted by molar-refractivity contribution is -0.137. The molecule has 2 aromatic carbocycles. The first-order valence-electron chi connectivity index (χ1n) is 8.37. The number of carbonyl (C=O) groups is 1. The van der Waals surface area contributed by atoms with Gasteiger partial charge in [-0.2, -0.15) is 13.2 Å². The molecule has 0 unspecified atom stereocenters. The molecule has 144 valence electrons. The lowest BCUT2D eigenvalue weighted by Crippen LogP contribution is -2.14. The molecule has 0 saturated carbocycles. The Kier molecular flexibility index (Phi) is 5.30. The van der Waals surface area contributed by atoms with Gasteiger partial charge in [-0.1, -0.05) is 18.2 Å². The molecule has 0 saturated heterocycles. The number of rotatable bonds is 4. The summed E-state index contributed by atoms with van der Waals surface area (Å²) in [4.78, 5) is 20.5. The van der Waals surface area contributed by atoms with Crippen LogP contribution in [0.5, 0.6) is 0 Å². The van der Waals surface area contributed by atoms with Crippen molar-refractivity contribution in [3.63, 3.8) is 0 Å². The molecule has 0 radical (unpaired) electrons. The van der Waals surface area contributed by atoms with E-state index in [2.05, 4.69) is 20.6 Å². The van der Waals surface area contributed by atoms with Crippen LogP contribution in [0.1, 0.15) is 27.0 Å². The molecule has 3 aromatic rings. The third kappa shape index (κ3) is 4.64. The predicted molar refractivity (Wildman–Crippen MR) is 101 cm³/mol. The number of alkyl halides is 3. The van der Waals surface area contributed by atoms with Crippen molar-refractivity contribution in [3.8, 4) is 0 Å². The smallest absolute Gasteiger partial charge is 0.324 e. The molecule has 5 nitrogen and oxygen atoms in total. The van der Waals surface area contributed by atoms with Gasteiger partial charge in [0, 0.05) is 23.8 Å². The van der Waals surface area contributed by atoms with Gasteiger partial charge in [0.25, 0.3) is 5.91 Å². The van der Waals surface area contributed by atoms with Crippen LogP contribution in [-0.2, 0) is 6.18 Å². The highest BCUT2D eigenvalue weighted by molar-refractivity contribution is 6.03. The van der Waals surface area contributed by atoms with Crippen LogP contribution in [0.3, 0.4) is 0 Å². The Morgan fingerprint density at radius 2 is 1.71 bits per heavy atom. The van der Waals surface area contributed by atoms with E-state index in [1.807, 2.05) is 32.0 Å². The molecule has 1 aromatic heterocycles. The molecule has 0 spiro atoms. The van der Waals surface area contributed by atoms with E-state index in [1.54, 1.807) is 0 Å². The van der Waals surface area contributed by atoms with Crippen molar-refractivity contribution in [3.05, 3.63) is 77.1 Å². The maximum atomic E-state index is 12.8. The Hall–Kier alpha value is -3.42. The van der Waals surface area contributed by atoms with E-state index in [0.717, 1.165) is 28.9 Å². The summed E-state index contributed by atoms with van der Waals surface area (Å²) in [7, 11) is 0. The van der Waals surface area contributed by atoms with Gasteiger partial charge < -0.3 is 10.6 Å². The Labute approximate surface area is 159 Å². The molecular formula is C20H17F3N4O. The van der Waals surface area contributed by atoms with Crippen LogP contribution in [0.4, 0.5) is 30.5 Å². The van der Waals surface area contributed by atoms with Crippen molar-refractivity contribution in [2.75, 3.05) is 10.6 Å². The summed E-state index contributed by atoms with van der Waals surface area (Å²) in [5.41, 5.74) is 2.27. The van der Waals surface area contributed by atoms with E-state index >= 15 is 0 Å². The van der Waals surface area contributed by atoms with Gasteiger partial charge in [-0.05, 0) is 49.2 Å². The van der Waals surface area contributed by atoms with Crippen molar-refractivity contribution in [2.45, 2.75) is 20.0 Å². The number of nitrogens with one attached hydrogen (secondary N) is 2. The van der Waals surface area contributed by atoms with Crippen LogP contribution in [0.2, 0.25) is 0 Å². The first kappa shape index (κ1) is 19.3. The fraction of sp³-hybridized carbons (Fsp3) is 0.150. The molecule has 1 amide bonds. The first-order valence-corrected chi connectivity index (χ1v) is 8.37. The zero-order chi connectivity index (χ0) is 20.3. The minimum Gasteiger partial charge on any atom is -0.324 e. The van der Waals surface area contributed by atoms with Crippen molar-refractivity contribution >= 4 is 23.2 Å². The first-order chi connectivity index (χ1) is 13.2. The average Bonchev–Trinajstić information content (AvgIpc) is 2.65. The highest BCUT2D eigenvalue weighted by atomic mass is 19.4. The summed E-state index contributed by atoms with van der Waals surface area (Å²) in [6, 6.07) is 10.3. The number of benzene rings is 2. The number of anilines is 3. The summed E-state index contributed by atoms with van der Waals surface area (Å²) in [5.74, 6) is -0.290. The van der Waals surface area contributed by atoms with Crippen LogP contribution in [-0.4, -0.2) is 15.9 Å². The van der Waals surface area contributed by atoms with Gasteiger partial charge >= 0.3 is 6.18 Å². The van der Waals surface area contributed by atoms with Gasteiger partial charge in [-0.3, -0.25) is 4.79 Å². The van der Waals surface area contributed by atoms with Crippen LogP contribution in [0.15, 0.2) is 54.9 Å². The summed E-state index contributed by atoms with van der Waals surface area (Å²) in [6.07, 6.45) is -1.86. The minimum atomic E-state index is -4.48. The summed E-state index contributed by atoms with van der Waals surface area (Å²) in [5, 5.41) is 5.49. The Morgan fingerprint density at radius 1 is 1.00 bits per heavy atom. The van der Waals surface area contributed by atoms with Gasteiger partial charge in [0.2, 0.25) is 5.95 Å². The third-order valence-corrected chi connectivity index (χ3v) is 4.00. The molecule has 0 bridgehead atoms. The van der Waals surface area contributed by atoms with E-state index in [-0.39, 0.29) is 11.3 Å². The van der Waals surface area contributed by atoms with Crippen molar-refractivity contribution < 1.29 is 18.0 Å². The fourth-order valence-electron chi connectivity index (χ4n) is 2.48. The molecule has 3 rings (SSSR count). The maximum absolute atomic E-state index is 12.8. The molecule has 2 N–H and O–H groups in total. The van der Waals surface area contributed by atoms with E-state index in [4.69, 9.17) is 0 Å². The lowest BCUT2D eigenvalue weighted by Gasteiger charge is -2.11. The molecule has 0 fully saturated rings. The largest absolute Gasteiger partial charge is 0.416 e. The van der Waals surface area contributed by atoms with Crippen molar-refractivity contribution in [1.82, 2.24) is 9.97 Å². The van der Waals surface area contributed by atoms with Crippen LogP contribution in [0.25, 0.3) is 0 Å². The van der Waals surface area contributed by atoms with E-state index in [0.29, 0.717) is 5.95 Å². The summed E-state index contributed by atoms with van der Waals surface area (Å²) >= 11 is 0. The molecular weight excluding hydrogens is 369 g/mol. The fourth-order valence-corrected chi connectivity index (χ4v) is 2.48. The number of amides is 1. The number of aromatic nitrogens is 2. The quantitative estimate of drug-likeness (QED) is 0.654. The second-order valence-electron chi connectivity index (χ2n) is 6.27. The molecule has 0 aliphatic rings. The van der Waals surface area contributed by atoms with Crippen LogP contribution in [0, 0.1) is 13.8 Å². The normalized spacial score (nSPS) is 11.2. The average molecular weight is 386 g/mol. The topological polar surface area (TPSA) is 66.9 Å². The highest BCUT2D eigenvalue weighted by Crippen LogP contribution is 2.30. The third-order valence-electron chi connectivity index (χ3n) is 4.00. The standard InChI is InChI=1S/C20H17F3N4O/c1-12-6-7-13(2)17(8-12)27-19-24-10-14(11-25-19)18(28)26-16-5-3-4-15(9-16)20(21,22)23/h3-11H,1-2H3,(H,26,28)(H,24,25,27). The van der Waals surface area contributed by atoms with Gasteiger partial charge in [0.05, 0.1) is 11.1 Å². The molecule has 8 heteroatoms. The molecule has 1 heterocycles. The molecule has 0 aliphatic heterocycles. The van der Waals surface area contributed by atoms with Gasteiger partial charge in [-0.25, -0.2) is 9.97 Å². The molecule has 0 aliphatic carbocycles.